The molecule has 0 heterocycles. The van der Waals surface area contributed by atoms with Crippen molar-refractivity contribution in [1.82, 2.24) is 0 Å². The molecule has 0 radical (unpaired) electrons. The van der Waals surface area contributed by atoms with Gasteiger partial charge in [-0.1, -0.05) is 78.6 Å². The Kier molecular flexibility index (Phi) is 27.7. The summed E-state index contributed by atoms with van der Waals surface area (Å²) >= 11 is 0.501. The molecule has 0 fully saturated rings. The van der Waals surface area contributed by atoms with Crippen molar-refractivity contribution in [2.45, 2.75) is 128 Å². The van der Waals surface area contributed by atoms with E-state index in [4.69, 9.17) is 9.47 Å². The van der Waals surface area contributed by atoms with Gasteiger partial charge in [-0.05, 0) is 32.1 Å². The Labute approximate surface area is 221 Å². The molecule has 0 spiro atoms. The van der Waals surface area contributed by atoms with Gasteiger partial charge in [0.25, 0.3) is 0 Å². The summed E-state index contributed by atoms with van der Waals surface area (Å²) in [5, 5.41) is 12.6. The van der Waals surface area contributed by atoms with Crippen LogP contribution in [0, 0.1) is 0 Å². The van der Waals surface area contributed by atoms with Crippen LogP contribution in [0.15, 0.2) is 0 Å². The molecule has 0 aliphatic heterocycles. The van der Waals surface area contributed by atoms with E-state index < -0.39 is 17.2 Å². The van der Waals surface area contributed by atoms with Crippen LogP contribution in [0.1, 0.15) is 117 Å². The fraction of sp³-hybridized carbons (Fsp3) is 0.913. The summed E-state index contributed by atoms with van der Waals surface area (Å²) in [5.74, 6) is -1.08. The third-order valence-electron chi connectivity index (χ3n) is 5.10. The summed E-state index contributed by atoms with van der Waals surface area (Å²) in [6, 6.07) is 0. The van der Waals surface area contributed by atoms with Gasteiger partial charge in [-0.25, -0.2) is 0 Å². The van der Waals surface area contributed by atoms with E-state index in [0.29, 0.717) is 18.6 Å². The number of unbranched alkanes of at least 4 members (excludes halogenated alkanes) is 9. The van der Waals surface area contributed by atoms with E-state index in [1.807, 2.05) is 0 Å². The molecule has 0 aliphatic carbocycles. The SMILES string of the molecule is CCCCCCOC(=O)CC(SOO[O-])C(=O)OC(CCCCCC)CCCCCC.[Na+]. The van der Waals surface area contributed by atoms with Crippen molar-refractivity contribution in [3.05, 3.63) is 0 Å². The van der Waals surface area contributed by atoms with E-state index in [9.17, 15) is 14.8 Å². The van der Waals surface area contributed by atoms with Gasteiger partial charge in [-0.15, -0.1) is 0 Å². The van der Waals surface area contributed by atoms with Crippen molar-refractivity contribution in [2.24, 2.45) is 0 Å². The van der Waals surface area contributed by atoms with Gasteiger partial charge in [-0.2, -0.15) is 4.33 Å². The van der Waals surface area contributed by atoms with Gasteiger partial charge in [-0.3, -0.25) is 14.6 Å². The van der Waals surface area contributed by atoms with Crippen molar-refractivity contribution < 1.29 is 63.2 Å². The van der Waals surface area contributed by atoms with E-state index >= 15 is 0 Å². The first-order chi connectivity index (χ1) is 15.1. The first kappa shape index (κ1) is 34.3. The Morgan fingerprint density at radius 1 is 0.812 bits per heavy atom. The molecule has 0 aromatic carbocycles. The minimum Gasteiger partial charge on any atom is -0.691 e. The largest absolute Gasteiger partial charge is 1.00 e. The summed E-state index contributed by atoms with van der Waals surface area (Å²) in [6.45, 7) is 6.75. The van der Waals surface area contributed by atoms with Crippen molar-refractivity contribution in [2.75, 3.05) is 6.61 Å². The summed E-state index contributed by atoms with van der Waals surface area (Å²) in [6.07, 6.45) is 14.0. The van der Waals surface area contributed by atoms with Gasteiger partial charge in [0.05, 0.1) is 13.0 Å². The van der Waals surface area contributed by atoms with Crippen molar-refractivity contribution in [3.8, 4) is 0 Å². The standard InChI is InChI=1S/C23H44O7S.Na/c1-4-7-10-13-16-20(17-14-11-8-5-2)28-23(25)21(31-30-29-26)19-22(24)27-18-15-12-9-6-3;/h20-21,26H,4-19H2,1-3H3;/q;+1/p-1. The van der Waals surface area contributed by atoms with Crippen LogP contribution in [-0.2, 0) is 28.4 Å². The smallest absolute Gasteiger partial charge is 0.691 e. The molecule has 0 N–H and O–H groups in total. The Balaban J connectivity index is 0. The molecular weight excluding hydrogens is 443 g/mol. The predicted octanol–water partition coefficient (Wildman–Crippen LogP) is 2.60. The molecule has 0 saturated heterocycles. The van der Waals surface area contributed by atoms with Crippen molar-refractivity contribution in [3.63, 3.8) is 0 Å². The molecule has 0 saturated carbocycles. The minimum atomic E-state index is -0.995. The summed E-state index contributed by atoms with van der Waals surface area (Å²) < 4.78 is 15.3. The molecule has 184 valence electrons. The number of carbonyl (C=O) groups excluding carboxylic acids is 2. The van der Waals surface area contributed by atoms with Crippen LogP contribution in [0.2, 0.25) is 0 Å². The molecule has 0 aromatic rings. The molecule has 0 bridgehead atoms. The van der Waals surface area contributed by atoms with Crippen molar-refractivity contribution >= 4 is 24.0 Å². The molecule has 1 unspecified atom stereocenters. The number of hydrogen-bond donors (Lipinski definition) is 0. The second-order valence-corrected chi connectivity index (χ2v) is 8.86. The molecule has 7 nitrogen and oxygen atoms in total. The maximum atomic E-state index is 12.7. The molecular formula is C23H43NaO7S. The van der Waals surface area contributed by atoms with Crippen molar-refractivity contribution in [1.29, 1.82) is 0 Å². The van der Waals surface area contributed by atoms with Crippen LogP contribution >= 0.6 is 12.0 Å². The Bertz CT molecular complexity index is 429. The van der Waals surface area contributed by atoms with E-state index in [-0.39, 0.29) is 42.1 Å². The van der Waals surface area contributed by atoms with Gasteiger partial charge in [0.1, 0.15) is 11.4 Å². The number of esters is 2. The second kappa shape index (κ2) is 25.8. The Morgan fingerprint density at radius 3 is 1.84 bits per heavy atom. The average Bonchev–Trinajstić information content (AvgIpc) is 2.76. The molecule has 0 amide bonds. The summed E-state index contributed by atoms with van der Waals surface area (Å²) in [5.41, 5.74) is 0. The molecule has 9 heteroatoms. The molecule has 0 aliphatic rings. The molecule has 32 heavy (non-hydrogen) atoms. The normalized spacial score (nSPS) is 11.8. The van der Waals surface area contributed by atoms with E-state index in [2.05, 4.69) is 30.1 Å². The Hall–Kier alpha value is 0.170. The molecule has 1 atom stereocenters. The zero-order chi connectivity index (χ0) is 23.2. The average molecular weight is 487 g/mol. The van der Waals surface area contributed by atoms with Crippen LogP contribution in [0.25, 0.3) is 0 Å². The quantitative estimate of drug-likeness (QED) is 0.0576. The van der Waals surface area contributed by atoms with Crippen LogP contribution < -0.4 is 34.8 Å². The van der Waals surface area contributed by atoms with Gasteiger partial charge < -0.3 is 14.7 Å². The number of ether oxygens (including phenoxy) is 2. The Morgan fingerprint density at radius 2 is 1.34 bits per heavy atom. The monoisotopic (exact) mass is 486 g/mol. The van der Waals surface area contributed by atoms with Gasteiger partial charge in [0.2, 0.25) is 0 Å². The first-order valence-electron chi connectivity index (χ1n) is 12.1. The zero-order valence-electron chi connectivity index (χ0n) is 20.7. The first-order valence-corrected chi connectivity index (χ1v) is 12.9. The summed E-state index contributed by atoms with van der Waals surface area (Å²) in [7, 11) is 0. The van der Waals surface area contributed by atoms with Crippen LogP contribution in [-0.4, -0.2) is 29.9 Å². The third kappa shape index (κ3) is 20.8. The van der Waals surface area contributed by atoms with Crippen LogP contribution in [0.3, 0.4) is 0 Å². The predicted molar refractivity (Wildman–Crippen MR) is 121 cm³/mol. The maximum absolute atomic E-state index is 12.7. The second-order valence-electron chi connectivity index (χ2n) is 7.96. The maximum Gasteiger partial charge on any atom is 1.00 e. The van der Waals surface area contributed by atoms with E-state index in [1.165, 1.54) is 0 Å². The van der Waals surface area contributed by atoms with E-state index in [0.717, 1.165) is 89.9 Å². The van der Waals surface area contributed by atoms with Crippen LogP contribution in [0.5, 0.6) is 0 Å². The fourth-order valence-electron chi connectivity index (χ4n) is 3.25. The van der Waals surface area contributed by atoms with Gasteiger partial charge in [0.15, 0.2) is 0 Å². The van der Waals surface area contributed by atoms with Gasteiger partial charge >= 0.3 is 41.5 Å². The summed E-state index contributed by atoms with van der Waals surface area (Å²) in [4.78, 5) is 24.8. The number of hydrogen-bond acceptors (Lipinski definition) is 8. The van der Waals surface area contributed by atoms with E-state index in [1.54, 1.807) is 0 Å². The fourth-order valence-corrected chi connectivity index (χ4v) is 3.71. The van der Waals surface area contributed by atoms with Crippen LogP contribution in [0.4, 0.5) is 0 Å². The van der Waals surface area contributed by atoms with Gasteiger partial charge in [0, 0.05) is 12.0 Å². The zero-order valence-corrected chi connectivity index (χ0v) is 23.6. The number of carbonyl (C=O) groups is 2. The minimum absolute atomic E-state index is 0. The molecule has 0 rings (SSSR count). The topological polar surface area (TPSA) is 94.1 Å². The third-order valence-corrected chi connectivity index (χ3v) is 5.83. The number of rotatable bonds is 22. The molecule has 0 aromatic heterocycles.